The van der Waals surface area contributed by atoms with Crippen molar-refractivity contribution in [2.24, 2.45) is 0 Å². The molecule has 0 fully saturated rings. The number of aromatic hydroxyl groups is 1. The zero-order chi connectivity index (χ0) is 14.6. The monoisotopic (exact) mass is 292 g/mol. The number of phenolic OH excluding ortho intramolecular Hbond substituents is 1. The normalized spacial score (nSPS) is 14.2. The summed E-state index contributed by atoms with van der Waals surface area (Å²) in [7, 11) is 0. The third-order valence-corrected chi connectivity index (χ3v) is 3.29. The molecule has 1 aromatic rings. The van der Waals surface area contributed by atoms with Crippen molar-refractivity contribution in [3.63, 3.8) is 0 Å². The molecule has 2 unspecified atom stereocenters. The molecule has 0 amide bonds. The van der Waals surface area contributed by atoms with Crippen LogP contribution in [0.25, 0.3) is 0 Å². The van der Waals surface area contributed by atoms with Crippen molar-refractivity contribution in [1.29, 1.82) is 0 Å². The highest BCUT2D eigenvalue weighted by molar-refractivity contribution is 8.13. The first-order valence-electron chi connectivity index (χ1n) is 5.50. The van der Waals surface area contributed by atoms with Crippen LogP contribution in [0, 0.1) is 11.6 Å². The fourth-order valence-corrected chi connectivity index (χ4v) is 2.17. The number of thioether (sulfide) groups is 1. The summed E-state index contributed by atoms with van der Waals surface area (Å²) in [4.78, 5) is 10.7. The third kappa shape index (κ3) is 4.45. The maximum absolute atomic E-state index is 13.4. The molecule has 0 heterocycles. The zero-order valence-electron chi connectivity index (χ0n) is 10.1. The smallest absolute Gasteiger partial charge is 0.185 e. The molecule has 0 radical (unpaired) electrons. The minimum atomic E-state index is -1.76. The first kappa shape index (κ1) is 15.9. The van der Waals surface area contributed by atoms with Gasteiger partial charge in [0.25, 0.3) is 0 Å². The average molecular weight is 292 g/mol. The van der Waals surface area contributed by atoms with E-state index in [0.29, 0.717) is 12.1 Å². The van der Waals surface area contributed by atoms with Crippen molar-refractivity contribution < 1.29 is 28.9 Å². The molecule has 3 N–H and O–H groups in total. The molecule has 0 aliphatic rings. The average Bonchev–Trinajstić information content (AvgIpc) is 2.26. The molecule has 0 saturated heterocycles. The van der Waals surface area contributed by atoms with Gasteiger partial charge in [0, 0.05) is 24.8 Å². The number of carbonyl (C=O) groups is 1. The molecule has 0 aliphatic heterocycles. The van der Waals surface area contributed by atoms with Crippen molar-refractivity contribution in [2.45, 2.75) is 25.6 Å². The number of carbonyl (C=O) groups excluding carboxylic acids is 1. The summed E-state index contributed by atoms with van der Waals surface area (Å²) in [5, 5.41) is 28.2. The van der Waals surface area contributed by atoms with Gasteiger partial charge in [-0.3, -0.25) is 4.79 Å². The van der Waals surface area contributed by atoms with Crippen LogP contribution in [-0.2, 0) is 4.79 Å². The molecule has 4 nitrogen and oxygen atoms in total. The molecule has 0 aromatic heterocycles. The van der Waals surface area contributed by atoms with Crippen LogP contribution in [0.5, 0.6) is 5.75 Å². The molecule has 2 atom stereocenters. The van der Waals surface area contributed by atoms with Crippen molar-refractivity contribution in [3.8, 4) is 5.75 Å². The van der Waals surface area contributed by atoms with E-state index in [1.165, 1.54) is 6.92 Å². The number of aliphatic hydroxyl groups excluding tert-OH is 2. The summed E-state index contributed by atoms with van der Waals surface area (Å²) in [6.07, 6.45) is -3.15. The lowest BCUT2D eigenvalue weighted by atomic mass is 10.0. The van der Waals surface area contributed by atoms with Gasteiger partial charge in [-0.05, 0) is 6.42 Å². The number of hydrogen-bond acceptors (Lipinski definition) is 5. The molecule has 1 aromatic carbocycles. The van der Waals surface area contributed by atoms with Gasteiger partial charge in [0.05, 0.1) is 11.7 Å². The maximum atomic E-state index is 13.4. The second-order valence-electron chi connectivity index (χ2n) is 3.96. The van der Waals surface area contributed by atoms with Crippen LogP contribution < -0.4 is 0 Å². The van der Waals surface area contributed by atoms with Crippen LogP contribution in [0.1, 0.15) is 25.0 Å². The Kier molecular flexibility index (Phi) is 5.71. The Hall–Kier alpha value is -1.18. The van der Waals surface area contributed by atoms with E-state index in [4.69, 9.17) is 5.11 Å². The number of aliphatic hydroxyl groups is 2. The van der Waals surface area contributed by atoms with Gasteiger partial charge in [0.1, 0.15) is 23.5 Å². The minimum absolute atomic E-state index is 0.00513. The fraction of sp³-hybridized carbons (Fsp3) is 0.417. The Morgan fingerprint density at radius 1 is 1.32 bits per heavy atom. The van der Waals surface area contributed by atoms with E-state index in [0.717, 1.165) is 11.8 Å². The number of benzene rings is 1. The van der Waals surface area contributed by atoms with Crippen LogP contribution >= 0.6 is 11.8 Å². The summed E-state index contributed by atoms with van der Waals surface area (Å²) in [5.41, 5.74) is -0.696. The van der Waals surface area contributed by atoms with E-state index in [1.807, 2.05) is 0 Å². The molecule has 1 rings (SSSR count). The summed E-state index contributed by atoms with van der Waals surface area (Å²) in [6, 6.07) is 1.30. The predicted molar refractivity (Wildman–Crippen MR) is 66.7 cm³/mol. The number of hydrogen-bond donors (Lipinski definition) is 3. The van der Waals surface area contributed by atoms with E-state index in [2.05, 4.69) is 0 Å². The van der Waals surface area contributed by atoms with E-state index in [1.54, 1.807) is 0 Å². The Labute approximate surface area is 113 Å². The van der Waals surface area contributed by atoms with Gasteiger partial charge in [-0.15, -0.1) is 0 Å². The molecule has 0 saturated carbocycles. The second kappa shape index (κ2) is 6.83. The largest absolute Gasteiger partial charge is 0.508 e. The SMILES string of the molecule is CC(=O)SCCC(O)C(O)c1c(F)cc(O)cc1F. The van der Waals surface area contributed by atoms with Gasteiger partial charge in [-0.2, -0.15) is 0 Å². The summed E-state index contributed by atoms with van der Waals surface area (Å²) in [6.45, 7) is 1.35. The lowest BCUT2D eigenvalue weighted by Gasteiger charge is -2.19. The van der Waals surface area contributed by atoms with E-state index >= 15 is 0 Å². The highest BCUT2D eigenvalue weighted by Crippen LogP contribution is 2.28. The van der Waals surface area contributed by atoms with Gasteiger partial charge in [-0.1, -0.05) is 11.8 Å². The molecular weight excluding hydrogens is 278 g/mol. The van der Waals surface area contributed by atoms with Crippen LogP contribution in [0.4, 0.5) is 8.78 Å². The first-order chi connectivity index (χ1) is 8.82. The van der Waals surface area contributed by atoms with Crippen LogP contribution in [-0.4, -0.2) is 32.3 Å². The Bertz CT molecular complexity index is 444. The molecule has 106 valence electrons. The van der Waals surface area contributed by atoms with Gasteiger partial charge in [0.2, 0.25) is 0 Å². The van der Waals surface area contributed by atoms with Crippen molar-refractivity contribution in [2.75, 3.05) is 5.75 Å². The van der Waals surface area contributed by atoms with Gasteiger partial charge < -0.3 is 15.3 Å². The quantitative estimate of drug-likeness (QED) is 0.770. The van der Waals surface area contributed by atoms with E-state index in [9.17, 15) is 23.8 Å². The molecule has 0 aliphatic carbocycles. The standard InChI is InChI=1S/C12H14F2O4S/c1-6(15)19-3-2-10(17)12(18)11-8(13)4-7(16)5-9(11)14/h4-5,10,12,16-18H,2-3H2,1H3. The summed E-state index contributed by atoms with van der Waals surface area (Å²) >= 11 is 0.946. The number of rotatable bonds is 5. The van der Waals surface area contributed by atoms with Crippen molar-refractivity contribution in [1.82, 2.24) is 0 Å². The van der Waals surface area contributed by atoms with E-state index in [-0.39, 0.29) is 17.3 Å². The Balaban J connectivity index is 2.76. The number of phenols is 1. The minimum Gasteiger partial charge on any atom is -0.508 e. The van der Waals surface area contributed by atoms with Crippen LogP contribution in [0.2, 0.25) is 0 Å². The molecule has 19 heavy (non-hydrogen) atoms. The Morgan fingerprint density at radius 2 is 1.84 bits per heavy atom. The maximum Gasteiger partial charge on any atom is 0.185 e. The highest BCUT2D eigenvalue weighted by atomic mass is 32.2. The fourth-order valence-electron chi connectivity index (χ4n) is 1.53. The lowest BCUT2D eigenvalue weighted by Crippen LogP contribution is -2.21. The molecule has 0 spiro atoms. The van der Waals surface area contributed by atoms with E-state index < -0.39 is 35.2 Å². The topological polar surface area (TPSA) is 77.8 Å². The number of halogens is 2. The predicted octanol–water partition coefficient (Wildman–Crippen LogP) is 1.73. The summed E-state index contributed by atoms with van der Waals surface area (Å²) < 4.78 is 26.9. The van der Waals surface area contributed by atoms with Crippen LogP contribution in [0.15, 0.2) is 12.1 Å². The van der Waals surface area contributed by atoms with Crippen LogP contribution in [0.3, 0.4) is 0 Å². The highest BCUT2D eigenvalue weighted by Gasteiger charge is 2.25. The second-order valence-corrected chi connectivity index (χ2v) is 5.24. The van der Waals surface area contributed by atoms with Crippen molar-refractivity contribution in [3.05, 3.63) is 29.3 Å². The lowest BCUT2D eigenvalue weighted by molar-refractivity contribution is -0.109. The van der Waals surface area contributed by atoms with Gasteiger partial charge in [-0.25, -0.2) is 8.78 Å². The molecule has 7 heteroatoms. The molecular formula is C12H14F2O4S. The summed E-state index contributed by atoms with van der Waals surface area (Å²) in [5.74, 6) is -2.64. The van der Waals surface area contributed by atoms with Gasteiger partial charge >= 0.3 is 0 Å². The van der Waals surface area contributed by atoms with Crippen molar-refractivity contribution >= 4 is 16.9 Å². The Morgan fingerprint density at radius 3 is 2.32 bits per heavy atom. The third-order valence-electron chi connectivity index (χ3n) is 2.44. The zero-order valence-corrected chi connectivity index (χ0v) is 11.0. The first-order valence-corrected chi connectivity index (χ1v) is 6.49. The molecule has 0 bridgehead atoms. The van der Waals surface area contributed by atoms with Gasteiger partial charge in [0.15, 0.2) is 5.12 Å².